The lowest BCUT2D eigenvalue weighted by Crippen LogP contribution is -2.51. The zero-order chi connectivity index (χ0) is 13.7. The molecule has 0 bridgehead atoms. The van der Waals surface area contributed by atoms with Gasteiger partial charge in [-0.3, -0.25) is 9.80 Å². The predicted octanol–water partition coefficient (Wildman–Crippen LogP) is 2.55. The fourth-order valence-corrected chi connectivity index (χ4v) is 3.63. The lowest BCUT2D eigenvalue weighted by molar-refractivity contribution is -0.118. The van der Waals surface area contributed by atoms with Crippen molar-refractivity contribution in [3.8, 4) is 0 Å². The van der Waals surface area contributed by atoms with E-state index in [1.165, 1.54) is 32.0 Å². The van der Waals surface area contributed by atoms with Gasteiger partial charge in [0.15, 0.2) is 0 Å². The average molecular weight is 266 g/mol. The molecule has 0 aromatic carbocycles. The summed E-state index contributed by atoms with van der Waals surface area (Å²) in [4.78, 5) is 16.7. The highest BCUT2D eigenvalue weighted by atomic mass is 16.1. The fourth-order valence-electron chi connectivity index (χ4n) is 3.63. The quantitative estimate of drug-likeness (QED) is 0.577. The van der Waals surface area contributed by atoms with Crippen molar-refractivity contribution in [2.45, 2.75) is 58.4 Å². The maximum Gasteiger partial charge on any atom is 0.127 e. The molecule has 0 unspecified atom stereocenters. The van der Waals surface area contributed by atoms with Crippen LogP contribution in [-0.2, 0) is 4.79 Å². The standard InChI is InChI=1S/C16H30N2O/c1-15(2)18-11-9-17(10-12-18)13-16(14-19)7-5-3-4-6-8-16/h14-15H,3-13H2,1-2H3. The van der Waals surface area contributed by atoms with Gasteiger partial charge < -0.3 is 4.79 Å². The minimum atomic E-state index is -0.0312. The molecule has 0 radical (unpaired) electrons. The summed E-state index contributed by atoms with van der Waals surface area (Å²) in [5, 5.41) is 0. The molecule has 2 fully saturated rings. The van der Waals surface area contributed by atoms with Gasteiger partial charge >= 0.3 is 0 Å². The van der Waals surface area contributed by atoms with Gasteiger partial charge in [0, 0.05) is 44.2 Å². The van der Waals surface area contributed by atoms with Crippen LogP contribution in [0.5, 0.6) is 0 Å². The predicted molar refractivity (Wildman–Crippen MR) is 79.3 cm³/mol. The van der Waals surface area contributed by atoms with Gasteiger partial charge in [-0.2, -0.15) is 0 Å². The molecule has 3 heteroatoms. The SMILES string of the molecule is CC(C)N1CCN(CC2(C=O)CCCCCC2)CC1. The van der Waals surface area contributed by atoms with Crippen LogP contribution in [0.4, 0.5) is 0 Å². The maximum atomic E-state index is 11.6. The molecule has 0 aromatic rings. The third-order valence-electron chi connectivity index (χ3n) is 5.03. The van der Waals surface area contributed by atoms with E-state index >= 15 is 0 Å². The Morgan fingerprint density at radius 3 is 2.05 bits per heavy atom. The van der Waals surface area contributed by atoms with Crippen molar-refractivity contribution in [3.05, 3.63) is 0 Å². The molecule has 0 N–H and O–H groups in total. The number of hydrogen-bond acceptors (Lipinski definition) is 3. The normalized spacial score (nSPS) is 26.3. The first-order chi connectivity index (χ1) is 9.15. The van der Waals surface area contributed by atoms with E-state index in [2.05, 4.69) is 23.6 Å². The molecule has 0 atom stereocenters. The highest BCUT2D eigenvalue weighted by Crippen LogP contribution is 2.34. The molecule has 0 spiro atoms. The van der Waals surface area contributed by atoms with Crippen LogP contribution < -0.4 is 0 Å². The number of carbonyl (C=O) groups is 1. The first kappa shape index (κ1) is 15.0. The molecule has 3 nitrogen and oxygen atoms in total. The summed E-state index contributed by atoms with van der Waals surface area (Å²) in [6.45, 7) is 10.1. The molecule has 1 saturated heterocycles. The minimum Gasteiger partial charge on any atom is -0.303 e. The molecule has 19 heavy (non-hydrogen) atoms. The molecule has 110 valence electrons. The first-order valence-corrected chi connectivity index (χ1v) is 8.08. The van der Waals surface area contributed by atoms with E-state index in [4.69, 9.17) is 0 Å². The van der Waals surface area contributed by atoms with Gasteiger partial charge in [-0.1, -0.05) is 25.7 Å². The second-order valence-electron chi connectivity index (χ2n) is 6.80. The second kappa shape index (κ2) is 6.85. The molecule has 0 aromatic heterocycles. The van der Waals surface area contributed by atoms with Crippen molar-refractivity contribution in [3.63, 3.8) is 0 Å². The van der Waals surface area contributed by atoms with E-state index in [-0.39, 0.29) is 5.41 Å². The largest absolute Gasteiger partial charge is 0.303 e. The zero-order valence-corrected chi connectivity index (χ0v) is 12.7. The molecular weight excluding hydrogens is 236 g/mol. The van der Waals surface area contributed by atoms with Crippen LogP contribution in [-0.4, -0.2) is 54.9 Å². The summed E-state index contributed by atoms with van der Waals surface area (Å²) in [7, 11) is 0. The van der Waals surface area contributed by atoms with Crippen LogP contribution in [0.25, 0.3) is 0 Å². The number of hydrogen-bond donors (Lipinski definition) is 0. The van der Waals surface area contributed by atoms with Gasteiger partial charge in [0.2, 0.25) is 0 Å². The Kier molecular flexibility index (Phi) is 5.40. The van der Waals surface area contributed by atoms with Crippen LogP contribution >= 0.6 is 0 Å². The summed E-state index contributed by atoms with van der Waals surface area (Å²) in [6, 6.07) is 0.653. The van der Waals surface area contributed by atoms with Gasteiger partial charge in [-0.05, 0) is 26.7 Å². The Labute approximate surface area is 118 Å². The highest BCUT2D eigenvalue weighted by Gasteiger charge is 2.33. The molecule has 0 amide bonds. The lowest BCUT2D eigenvalue weighted by Gasteiger charge is -2.40. The fraction of sp³-hybridized carbons (Fsp3) is 0.938. The molecular formula is C16H30N2O. The number of rotatable bonds is 4. The molecule has 1 aliphatic heterocycles. The molecule has 2 aliphatic rings. The van der Waals surface area contributed by atoms with E-state index in [1.807, 2.05) is 0 Å². The van der Waals surface area contributed by atoms with E-state index in [0.717, 1.165) is 45.6 Å². The monoisotopic (exact) mass is 266 g/mol. The van der Waals surface area contributed by atoms with Crippen LogP contribution in [0.2, 0.25) is 0 Å². The summed E-state index contributed by atoms with van der Waals surface area (Å²) < 4.78 is 0. The summed E-state index contributed by atoms with van der Waals surface area (Å²) in [5.74, 6) is 0. The van der Waals surface area contributed by atoms with Crippen molar-refractivity contribution in [2.75, 3.05) is 32.7 Å². The van der Waals surface area contributed by atoms with Crippen LogP contribution in [0.3, 0.4) is 0 Å². The van der Waals surface area contributed by atoms with Crippen molar-refractivity contribution >= 4 is 6.29 Å². The van der Waals surface area contributed by atoms with Crippen LogP contribution in [0.1, 0.15) is 52.4 Å². The van der Waals surface area contributed by atoms with E-state index < -0.39 is 0 Å². The van der Waals surface area contributed by atoms with Gasteiger partial charge in [-0.15, -0.1) is 0 Å². The van der Waals surface area contributed by atoms with Gasteiger partial charge in [0.25, 0.3) is 0 Å². The molecule has 1 aliphatic carbocycles. The van der Waals surface area contributed by atoms with Gasteiger partial charge in [0.1, 0.15) is 6.29 Å². The van der Waals surface area contributed by atoms with Crippen molar-refractivity contribution in [1.82, 2.24) is 9.80 Å². The highest BCUT2D eigenvalue weighted by molar-refractivity contribution is 5.59. The zero-order valence-electron chi connectivity index (χ0n) is 12.7. The summed E-state index contributed by atoms with van der Waals surface area (Å²) in [6.07, 6.45) is 8.62. The number of piperazine rings is 1. The van der Waals surface area contributed by atoms with Gasteiger partial charge in [-0.25, -0.2) is 0 Å². The number of aldehydes is 1. The molecule has 1 heterocycles. The van der Waals surface area contributed by atoms with Gasteiger partial charge in [0.05, 0.1) is 0 Å². The van der Waals surface area contributed by atoms with Crippen molar-refractivity contribution < 1.29 is 4.79 Å². The van der Waals surface area contributed by atoms with E-state index in [0.29, 0.717) is 6.04 Å². The Morgan fingerprint density at radius 2 is 1.58 bits per heavy atom. The number of carbonyl (C=O) groups excluding carboxylic acids is 1. The van der Waals surface area contributed by atoms with E-state index in [1.54, 1.807) is 0 Å². The lowest BCUT2D eigenvalue weighted by atomic mass is 9.81. The average Bonchev–Trinajstić information content (AvgIpc) is 2.65. The maximum absolute atomic E-state index is 11.6. The minimum absolute atomic E-state index is 0.0312. The Hall–Kier alpha value is -0.410. The second-order valence-corrected chi connectivity index (χ2v) is 6.80. The Bertz CT molecular complexity index is 274. The molecule has 1 saturated carbocycles. The van der Waals surface area contributed by atoms with E-state index in [9.17, 15) is 4.79 Å². The van der Waals surface area contributed by atoms with Crippen molar-refractivity contribution in [1.29, 1.82) is 0 Å². The third kappa shape index (κ3) is 4.03. The summed E-state index contributed by atoms with van der Waals surface area (Å²) in [5.41, 5.74) is -0.0312. The van der Waals surface area contributed by atoms with Crippen molar-refractivity contribution in [2.24, 2.45) is 5.41 Å². The first-order valence-electron chi connectivity index (χ1n) is 8.08. The van der Waals surface area contributed by atoms with Crippen LogP contribution in [0.15, 0.2) is 0 Å². The topological polar surface area (TPSA) is 23.6 Å². The molecule has 2 rings (SSSR count). The summed E-state index contributed by atoms with van der Waals surface area (Å²) >= 11 is 0. The third-order valence-corrected chi connectivity index (χ3v) is 5.03. The number of nitrogens with zero attached hydrogens (tertiary/aromatic N) is 2. The smallest absolute Gasteiger partial charge is 0.127 e. The Morgan fingerprint density at radius 1 is 1.00 bits per heavy atom. The van der Waals surface area contributed by atoms with Crippen LogP contribution in [0, 0.1) is 5.41 Å². The Balaban J connectivity index is 1.87.